The van der Waals surface area contributed by atoms with Crippen molar-refractivity contribution in [2.75, 3.05) is 31.7 Å². The molecule has 3 aromatic rings. The fourth-order valence-corrected chi connectivity index (χ4v) is 3.08. The minimum absolute atomic E-state index is 0.0176. The summed E-state index contributed by atoms with van der Waals surface area (Å²) in [7, 11) is 3.78. The Hall–Kier alpha value is -2.73. The van der Waals surface area contributed by atoms with Crippen molar-refractivity contribution in [3.8, 4) is 17.0 Å². The second-order valence-corrected chi connectivity index (χ2v) is 7.63. The summed E-state index contributed by atoms with van der Waals surface area (Å²) >= 11 is 5.92. The average molecular weight is 479 g/mol. The van der Waals surface area contributed by atoms with Gasteiger partial charge >= 0.3 is 6.18 Å². The van der Waals surface area contributed by atoms with Crippen molar-refractivity contribution in [1.29, 1.82) is 0 Å². The van der Waals surface area contributed by atoms with Crippen LogP contribution in [0.4, 0.5) is 27.8 Å². The van der Waals surface area contributed by atoms with Crippen molar-refractivity contribution in [3.63, 3.8) is 0 Å². The van der Waals surface area contributed by atoms with Crippen LogP contribution in [0.2, 0.25) is 0 Å². The molecule has 3 rings (SSSR count). The van der Waals surface area contributed by atoms with Gasteiger partial charge in [-0.2, -0.15) is 27.8 Å². The summed E-state index contributed by atoms with van der Waals surface area (Å²) in [6.07, 6.45) is -2.98. The lowest BCUT2D eigenvalue weighted by molar-refractivity contribution is -0.141. The highest BCUT2D eigenvalue weighted by Gasteiger charge is 2.41. The maximum Gasteiger partial charge on any atom is 0.409 e. The molecular weight excluding hydrogens is 459 g/mol. The normalized spacial score (nSPS) is 13.1. The molecule has 2 aromatic heterocycles. The first-order valence-corrected chi connectivity index (χ1v) is 9.82. The number of rotatable bonds is 8. The fraction of sp³-hybridized carbons (Fsp3) is 0.421. The molecule has 0 unspecified atom stereocenters. The molecule has 0 spiro atoms. The van der Waals surface area contributed by atoms with Gasteiger partial charge in [0.25, 0.3) is 5.78 Å². The molecule has 0 saturated heterocycles. The molecule has 13 heteroatoms. The molecule has 7 nitrogen and oxygen atoms in total. The number of hydrogen-bond donors (Lipinski definition) is 0. The second kappa shape index (κ2) is 9.41. The van der Waals surface area contributed by atoms with Crippen LogP contribution in [0.3, 0.4) is 0 Å². The van der Waals surface area contributed by atoms with Gasteiger partial charge in [0.1, 0.15) is 29.8 Å². The number of alkyl halides is 3. The third-order valence-corrected chi connectivity index (χ3v) is 5.02. The number of nitrogens with zero attached hydrogens (tertiary/aromatic N) is 6. The Balaban J connectivity index is 1.97. The molecule has 0 N–H and O–H groups in total. The predicted molar refractivity (Wildman–Crippen MR) is 109 cm³/mol. The van der Waals surface area contributed by atoms with E-state index < -0.39 is 29.4 Å². The molecule has 174 valence electrons. The van der Waals surface area contributed by atoms with Gasteiger partial charge < -0.3 is 9.64 Å². The van der Waals surface area contributed by atoms with Gasteiger partial charge in [-0.05, 0) is 27.4 Å². The Morgan fingerprint density at radius 3 is 2.41 bits per heavy atom. The number of halogens is 6. The van der Waals surface area contributed by atoms with Crippen molar-refractivity contribution < 1.29 is 26.7 Å². The van der Waals surface area contributed by atoms with E-state index in [0.717, 1.165) is 42.5 Å². The van der Waals surface area contributed by atoms with E-state index in [4.69, 9.17) is 16.5 Å². The van der Waals surface area contributed by atoms with Gasteiger partial charge in [-0.1, -0.05) is 0 Å². The van der Waals surface area contributed by atoms with E-state index in [1.54, 1.807) is 0 Å². The number of anilines is 1. The minimum atomic E-state index is -4.67. The minimum Gasteiger partial charge on any atom is -0.493 e. The number of ether oxygens (including phenoxy) is 1. The standard InChI is InChI=1S/C19H20ClF5N6O/c1-11(19(23,24)25)30(20)16-9-15(28-18-26-10-27-31(16)18)17-13(21)7-12(8-14(17)22)32-6-4-5-29(2)3/h7-11H,4-6H2,1-3H3/t11-/m0/s1. The number of fused-ring (bicyclic) bond motifs is 1. The summed E-state index contributed by atoms with van der Waals surface area (Å²) in [5, 5.41) is 3.79. The van der Waals surface area contributed by atoms with Crippen LogP contribution in [0, 0.1) is 11.6 Å². The van der Waals surface area contributed by atoms with E-state index in [0.29, 0.717) is 10.8 Å². The Kier molecular flexibility index (Phi) is 7.03. The van der Waals surface area contributed by atoms with E-state index in [2.05, 4.69) is 15.1 Å². The number of hydrogen-bond acceptors (Lipinski definition) is 6. The molecule has 0 fully saturated rings. The molecule has 0 amide bonds. The first kappa shape index (κ1) is 23.9. The molecule has 1 atom stereocenters. The largest absolute Gasteiger partial charge is 0.493 e. The maximum absolute atomic E-state index is 14.8. The zero-order chi connectivity index (χ0) is 23.6. The molecule has 0 radical (unpaired) electrons. The van der Waals surface area contributed by atoms with Crippen molar-refractivity contribution >= 4 is 23.4 Å². The highest BCUT2D eigenvalue weighted by molar-refractivity contribution is 6.25. The van der Waals surface area contributed by atoms with E-state index in [1.807, 2.05) is 19.0 Å². The maximum atomic E-state index is 14.8. The van der Waals surface area contributed by atoms with Crippen LogP contribution in [0.15, 0.2) is 24.5 Å². The van der Waals surface area contributed by atoms with E-state index in [9.17, 15) is 22.0 Å². The Morgan fingerprint density at radius 2 is 1.81 bits per heavy atom. The van der Waals surface area contributed by atoms with Crippen molar-refractivity contribution in [1.82, 2.24) is 24.5 Å². The predicted octanol–water partition coefficient (Wildman–Crippen LogP) is 4.31. The lowest BCUT2D eigenvalue weighted by atomic mass is 10.1. The third kappa shape index (κ3) is 5.18. The topological polar surface area (TPSA) is 58.8 Å². The highest BCUT2D eigenvalue weighted by Crippen LogP contribution is 2.34. The van der Waals surface area contributed by atoms with E-state index in [-0.39, 0.29) is 29.6 Å². The number of benzene rings is 1. The van der Waals surface area contributed by atoms with Crippen LogP contribution in [0.1, 0.15) is 13.3 Å². The molecule has 2 heterocycles. The smallest absolute Gasteiger partial charge is 0.409 e. The average Bonchev–Trinajstić information content (AvgIpc) is 3.17. The van der Waals surface area contributed by atoms with Gasteiger partial charge in [0.05, 0.1) is 17.9 Å². The van der Waals surface area contributed by atoms with Crippen LogP contribution in [0.25, 0.3) is 17.0 Å². The van der Waals surface area contributed by atoms with Crippen LogP contribution in [-0.2, 0) is 0 Å². The van der Waals surface area contributed by atoms with Crippen LogP contribution < -0.4 is 9.16 Å². The number of aromatic nitrogens is 4. The summed E-state index contributed by atoms with van der Waals surface area (Å²) in [6, 6.07) is 0.857. The van der Waals surface area contributed by atoms with Crippen molar-refractivity contribution in [2.24, 2.45) is 0 Å². The summed E-state index contributed by atoms with van der Waals surface area (Å²) in [4.78, 5) is 9.77. The summed E-state index contributed by atoms with van der Waals surface area (Å²) in [6.45, 7) is 1.82. The van der Waals surface area contributed by atoms with E-state index in [1.165, 1.54) is 0 Å². The van der Waals surface area contributed by atoms with Gasteiger partial charge in [0.2, 0.25) is 0 Å². The quantitative estimate of drug-likeness (QED) is 0.273. The Bertz CT molecular complexity index is 1070. The van der Waals surface area contributed by atoms with E-state index >= 15 is 0 Å². The monoisotopic (exact) mass is 478 g/mol. The zero-order valence-electron chi connectivity index (χ0n) is 17.4. The molecule has 1 aromatic carbocycles. The molecule has 0 saturated carbocycles. The summed E-state index contributed by atoms with van der Waals surface area (Å²) in [5.74, 6) is -2.51. The second-order valence-electron chi connectivity index (χ2n) is 7.27. The fourth-order valence-electron chi connectivity index (χ4n) is 2.85. The lowest BCUT2D eigenvalue weighted by Crippen LogP contribution is -2.39. The van der Waals surface area contributed by atoms with Crippen molar-refractivity contribution in [3.05, 3.63) is 36.2 Å². The molecule has 0 aliphatic carbocycles. The van der Waals surface area contributed by atoms with Gasteiger partial charge in [-0.15, -0.1) is 0 Å². The highest BCUT2D eigenvalue weighted by atomic mass is 35.5. The molecule has 0 aliphatic heterocycles. The molecule has 0 aliphatic rings. The lowest BCUT2D eigenvalue weighted by Gasteiger charge is -2.25. The first-order chi connectivity index (χ1) is 15.0. The van der Waals surface area contributed by atoms with Crippen molar-refractivity contribution in [2.45, 2.75) is 25.6 Å². The third-order valence-electron chi connectivity index (χ3n) is 4.56. The van der Waals surface area contributed by atoms with Crippen LogP contribution in [0.5, 0.6) is 5.75 Å². The molecule has 0 bridgehead atoms. The summed E-state index contributed by atoms with van der Waals surface area (Å²) < 4.78 is 75.8. The van der Waals surface area contributed by atoms with Crippen LogP contribution >= 0.6 is 11.8 Å². The van der Waals surface area contributed by atoms with Gasteiger partial charge in [-0.25, -0.2) is 13.8 Å². The summed E-state index contributed by atoms with van der Waals surface area (Å²) in [5.41, 5.74) is -0.850. The first-order valence-electron chi connectivity index (χ1n) is 9.48. The Morgan fingerprint density at radius 1 is 1.16 bits per heavy atom. The van der Waals surface area contributed by atoms with Crippen LogP contribution in [-0.4, -0.2) is 63.9 Å². The molecular formula is C19H20ClF5N6O. The van der Waals surface area contributed by atoms with Gasteiger partial charge in [-0.3, -0.25) is 4.42 Å². The van der Waals surface area contributed by atoms with Gasteiger partial charge in [0, 0.05) is 36.5 Å². The zero-order valence-corrected chi connectivity index (χ0v) is 18.1. The van der Waals surface area contributed by atoms with Gasteiger partial charge in [0.15, 0.2) is 5.82 Å². The SMILES string of the molecule is C[C@H](N(Cl)c1cc(-c2c(F)cc(OCCCN(C)C)cc2F)nc2ncnn12)C(F)(F)F. The molecule has 32 heavy (non-hydrogen) atoms. The Labute approximate surface area is 185 Å².